The van der Waals surface area contributed by atoms with Crippen LogP contribution < -0.4 is 21.5 Å². The van der Waals surface area contributed by atoms with E-state index in [2.05, 4.69) is 36.4 Å². The van der Waals surface area contributed by atoms with E-state index in [1.54, 1.807) is 6.92 Å². The van der Waals surface area contributed by atoms with Gasteiger partial charge in [0, 0.05) is 53.6 Å². The van der Waals surface area contributed by atoms with Gasteiger partial charge in [-0.25, -0.2) is 14.8 Å². The van der Waals surface area contributed by atoms with Gasteiger partial charge in [-0.15, -0.1) is 11.3 Å². The Morgan fingerprint density at radius 1 is 1.05 bits per heavy atom. The molecular formula is C23H24F3N7O3S. The Morgan fingerprint density at radius 3 is 2.46 bits per heavy atom. The fraction of sp³-hybridized carbons (Fsp3) is 0.304. The number of halogens is 3. The van der Waals surface area contributed by atoms with Crippen molar-refractivity contribution in [1.29, 1.82) is 0 Å². The Balaban J connectivity index is 1.97. The van der Waals surface area contributed by atoms with Gasteiger partial charge in [0.1, 0.15) is 10.8 Å². The van der Waals surface area contributed by atoms with Crippen LogP contribution in [0.5, 0.6) is 0 Å². The largest absolute Gasteiger partial charge is 0.434 e. The summed E-state index contributed by atoms with van der Waals surface area (Å²) in [5.41, 5.74) is 4.59. The zero-order chi connectivity index (χ0) is 27.2. The third kappa shape index (κ3) is 7.46. The summed E-state index contributed by atoms with van der Waals surface area (Å²) in [4.78, 5) is 48.3. The number of nitrogens with zero attached hydrogens (tertiary/aromatic N) is 3. The van der Waals surface area contributed by atoms with Crippen LogP contribution in [0, 0.1) is 5.92 Å². The number of hydrogen-bond donors (Lipinski definition) is 4. The molecule has 0 bridgehead atoms. The molecule has 3 rings (SSSR count). The minimum absolute atomic E-state index is 0.0273. The number of thiazole rings is 1. The lowest BCUT2D eigenvalue weighted by Crippen LogP contribution is -2.42. The first kappa shape index (κ1) is 27.5. The zero-order valence-corrected chi connectivity index (χ0v) is 20.9. The van der Waals surface area contributed by atoms with Gasteiger partial charge in [-0.3, -0.25) is 30.7 Å². The molecule has 0 aromatic carbocycles. The number of pyridine rings is 2. The summed E-state index contributed by atoms with van der Waals surface area (Å²) < 4.78 is 39.6. The Hall–Kier alpha value is -4.07. The van der Waals surface area contributed by atoms with Crippen LogP contribution in [0.4, 0.5) is 23.8 Å². The van der Waals surface area contributed by atoms with E-state index in [1.807, 2.05) is 13.8 Å². The number of alkyl halides is 3. The SMILES string of the molecule is CCNC(=O)Nc1cc(-c2nc(C(F)(F)F)cs2)c(-c2cncc(C(=O)NNC(=O)CC(C)C)c2)cn1. The average molecular weight is 536 g/mol. The maximum Gasteiger partial charge on any atom is 0.434 e. The third-order valence-corrected chi connectivity index (χ3v) is 5.60. The Morgan fingerprint density at radius 2 is 1.81 bits per heavy atom. The molecule has 3 aromatic rings. The first-order valence-electron chi connectivity index (χ1n) is 11.1. The van der Waals surface area contributed by atoms with Crippen molar-refractivity contribution < 1.29 is 27.6 Å². The van der Waals surface area contributed by atoms with E-state index in [-0.39, 0.29) is 40.2 Å². The number of anilines is 1. The number of nitrogens with one attached hydrogen (secondary N) is 4. The molecule has 0 aliphatic heterocycles. The van der Waals surface area contributed by atoms with E-state index in [9.17, 15) is 27.6 Å². The van der Waals surface area contributed by atoms with Crippen LogP contribution in [0.2, 0.25) is 0 Å². The van der Waals surface area contributed by atoms with Crippen LogP contribution in [0.15, 0.2) is 36.1 Å². The fourth-order valence-corrected chi connectivity index (χ4v) is 3.97. The van der Waals surface area contributed by atoms with Crippen LogP contribution >= 0.6 is 11.3 Å². The molecule has 0 radical (unpaired) electrons. The van der Waals surface area contributed by atoms with Crippen molar-refractivity contribution in [3.63, 3.8) is 0 Å². The van der Waals surface area contributed by atoms with E-state index in [0.717, 1.165) is 16.7 Å². The van der Waals surface area contributed by atoms with Gasteiger partial charge in [0.05, 0.1) is 5.56 Å². The summed E-state index contributed by atoms with van der Waals surface area (Å²) in [6.45, 7) is 5.80. The van der Waals surface area contributed by atoms with E-state index < -0.39 is 23.8 Å². The highest BCUT2D eigenvalue weighted by Gasteiger charge is 2.34. The normalized spacial score (nSPS) is 11.2. The summed E-state index contributed by atoms with van der Waals surface area (Å²) >= 11 is 0.768. The van der Waals surface area contributed by atoms with Gasteiger partial charge in [-0.1, -0.05) is 13.8 Å². The summed E-state index contributed by atoms with van der Waals surface area (Å²) in [5, 5.41) is 5.96. The molecule has 10 nitrogen and oxygen atoms in total. The topological polar surface area (TPSA) is 138 Å². The number of carbonyl (C=O) groups is 3. The van der Waals surface area contributed by atoms with E-state index in [1.165, 1.54) is 30.7 Å². The van der Waals surface area contributed by atoms with Gasteiger partial charge >= 0.3 is 12.2 Å². The van der Waals surface area contributed by atoms with Crippen molar-refractivity contribution in [2.24, 2.45) is 5.92 Å². The van der Waals surface area contributed by atoms with Gasteiger partial charge in [0.15, 0.2) is 5.69 Å². The number of urea groups is 1. The minimum atomic E-state index is -4.64. The van der Waals surface area contributed by atoms with E-state index >= 15 is 0 Å². The lowest BCUT2D eigenvalue weighted by atomic mass is 10.0. The first-order chi connectivity index (χ1) is 17.5. The van der Waals surface area contributed by atoms with Crippen LogP contribution in [-0.4, -0.2) is 39.3 Å². The minimum Gasteiger partial charge on any atom is -0.338 e. The molecule has 14 heteroatoms. The van der Waals surface area contributed by atoms with Crippen molar-refractivity contribution in [2.45, 2.75) is 33.4 Å². The fourth-order valence-electron chi connectivity index (χ4n) is 3.11. The molecule has 0 aliphatic rings. The predicted octanol–water partition coefficient (Wildman–Crippen LogP) is 4.23. The predicted molar refractivity (Wildman–Crippen MR) is 131 cm³/mol. The van der Waals surface area contributed by atoms with E-state index in [0.29, 0.717) is 17.7 Å². The molecule has 196 valence electrons. The number of aromatic nitrogens is 3. The second kappa shape index (κ2) is 11.8. The van der Waals surface area contributed by atoms with E-state index in [4.69, 9.17) is 0 Å². The summed E-state index contributed by atoms with van der Waals surface area (Å²) in [6.07, 6.45) is -0.392. The standard InChI is InChI=1S/C23H24F3N7O3S/c1-4-28-22(36)31-18-7-15(21-30-17(11-37-21)23(24,25)26)16(10-29-18)13-6-14(9-27-8-13)20(35)33-32-19(34)5-12(2)3/h6-12H,4-5H2,1-3H3,(H,32,34)(H,33,35)(H2,28,29,31,36). The molecular weight excluding hydrogens is 511 g/mol. The Kier molecular flexibility index (Phi) is 8.76. The van der Waals surface area contributed by atoms with Crippen molar-refractivity contribution in [3.05, 3.63) is 47.4 Å². The Labute approximate surface area is 214 Å². The van der Waals surface area contributed by atoms with Crippen LogP contribution in [-0.2, 0) is 11.0 Å². The van der Waals surface area contributed by atoms with Gasteiger partial charge < -0.3 is 5.32 Å². The van der Waals surface area contributed by atoms with Crippen molar-refractivity contribution in [3.8, 4) is 21.7 Å². The first-order valence-corrected chi connectivity index (χ1v) is 12.0. The molecule has 0 saturated heterocycles. The molecule has 0 saturated carbocycles. The van der Waals surface area contributed by atoms with Crippen molar-refractivity contribution in [2.75, 3.05) is 11.9 Å². The van der Waals surface area contributed by atoms with Crippen LogP contribution in [0.25, 0.3) is 21.7 Å². The monoisotopic (exact) mass is 535 g/mol. The molecule has 0 atom stereocenters. The second-order valence-corrected chi connectivity index (χ2v) is 9.06. The Bertz CT molecular complexity index is 1290. The molecule has 37 heavy (non-hydrogen) atoms. The molecule has 3 aromatic heterocycles. The van der Waals surface area contributed by atoms with Gasteiger partial charge in [0.25, 0.3) is 5.91 Å². The molecule has 3 heterocycles. The lowest BCUT2D eigenvalue weighted by Gasteiger charge is -2.12. The average Bonchev–Trinajstić information content (AvgIpc) is 3.33. The smallest absolute Gasteiger partial charge is 0.338 e. The lowest BCUT2D eigenvalue weighted by molar-refractivity contribution is -0.140. The van der Waals surface area contributed by atoms with Gasteiger partial charge in [-0.2, -0.15) is 13.2 Å². The molecule has 0 fully saturated rings. The van der Waals surface area contributed by atoms with Crippen LogP contribution in [0.1, 0.15) is 43.2 Å². The summed E-state index contributed by atoms with van der Waals surface area (Å²) in [7, 11) is 0. The molecule has 4 amide bonds. The number of amides is 4. The third-order valence-electron chi connectivity index (χ3n) is 4.73. The highest BCUT2D eigenvalue weighted by molar-refractivity contribution is 7.13. The number of hydrogen-bond acceptors (Lipinski definition) is 7. The highest BCUT2D eigenvalue weighted by Crippen LogP contribution is 2.38. The zero-order valence-electron chi connectivity index (χ0n) is 20.1. The number of carbonyl (C=O) groups excluding carboxylic acids is 3. The highest BCUT2D eigenvalue weighted by atomic mass is 32.1. The van der Waals surface area contributed by atoms with Crippen LogP contribution in [0.3, 0.4) is 0 Å². The van der Waals surface area contributed by atoms with Crippen molar-refractivity contribution >= 4 is 35.0 Å². The molecule has 0 spiro atoms. The quantitative estimate of drug-likeness (QED) is 0.334. The van der Waals surface area contributed by atoms with Gasteiger partial charge in [-0.05, 0) is 25.0 Å². The summed E-state index contributed by atoms with van der Waals surface area (Å²) in [6, 6.07) is 2.30. The maximum absolute atomic E-state index is 13.2. The van der Waals surface area contributed by atoms with Gasteiger partial charge in [0.2, 0.25) is 5.91 Å². The number of hydrazine groups is 1. The molecule has 0 aliphatic carbocycles. The maximum atomic E-state index is 13.2. The second-order valence-electron chi connectivity index (χ2n) is 8.20. The molecule has 0 unspecified atom stereocenters. The summed E-state index contributed by atoms with van der Waals surface area (Å²) in [5.74, 6) is -0.812. The van der Waals surface area contributed by atoms with Crippen molar-refractivity contribution in [1.82, 2.24) is 31.1 Å². The molecule has 4 N–H and O–H groups in total. The number of rotatable bonds is 7.